The summed E-state index contributed by atoms with van der Waals surface area (Å²) in [4.78, 5) is 14.3. The Morgan fingerprint density at radius 2 is 1.63 bits per heavy atom. The maximum atomic E-state index is 12.3. The van der Waals surface area contributed by atoms with Crippen LogP contribution in [0.15, 0.2) is 0 Å². The van der Waals surface area contributed by atoms with Crippen molar-refractivity contribution in [1.29, 1.82) is 0 Å². The molecule has 0 bridgehead atoms. The fourth-order valence-corrected chi connectivity index (χ4v) is 2.53. The Bertz CT molecular complexity index is 214. The predicted octanol–water partition coefficient (Wildman–Crippen LogP) is 3.28. The van der Waals surface area contributed by atoms with Crippen molar-refractivity contribution >= 4 is 17.7 Å². The Hall–Kier alpha value is -0.220. The number of amides is 1. The molecule has 1 amide bonds. The average Bonchev–Trinajstić information content (AvgIpc) is 2.42. The van der Waals surface area contributed by atoms with Crippen molar-refractivity contribution in [2.75, 3.05) is 25.1 Å². The summed E-state index contributed by atoms with van der Waals surface area (Å²) in [6.45, 7) is 6.13. The molecule has 0 saturated carbocycles. The third-order valence-corrected chi connectivity index (χ3v) is 3.97. The molecule has 0 aromatic heterocycles. The lowest BCUT2D eigenvalue weighted by atomic mass is 10.1. The van der Waals surface area contributed by atoms with Gasteiger partial charge in [0, 0.05) is 13.1 Å². The van der Waals surface area contributed by atoms with Gasteiger partial charge in [-0.1, -0.05) is 39.5 Å². The van der Waals surface area contributed by atoms with Crippen LogP contribution in [0, 0.1) is 0 Å². The molecule has 2 N–H and O–H groups in total. The van der Waals surface area contributed by atoms with E-state index in [2.05, 4.69) is 20.1 Å². The quantitative estimate of drug-likeness (QED) is 0.561. The van der Waals surface area contributed by atoms with Crippen LogP contribution in [0.5, 0.6) is 0 Å². The van der Waals surface area contributed by atoms with E-state index in [9.17, 15) is 4.79 Å². The average molecular weight is 289 g/mol. The second kappa shape index (κ2) is 12.8. The van der Waals surface area contributed by atoms with E-state index in [0.29, 0.717) is 0 Å². The number of nitrogens with two attached hydrogens (primary N) is 1. The Balaban J connectivity index is 4.21. The number of rotatable bonds is 12. The lowest BCUT2D eigenvalue weighted by molar-refractivity contribution is -0.132. The number of nitrogens with zero attached hydrogens (tertiary/aromatic N) is 1. The van der Waals surface area contributed by atoms with Crippen LogP contribution in [0.4, 0.5) is 0 Å². The second-order valence-electron chi connectivity index (χ2n) is 5.13. The maximum Gasteiger partial charge on any atom is 0.239 e. The van der Waals surface area contributed by atoms with E-state index < -0.39 is 0 Å². The second-order valence-corrected chi connectivity index (χ2v) is 6.11. The monoisotopic (exact) mass is 288 g/mol. The van der Waals surface area contributed by atoms with Gasteiger partial charge in [0.25, 0.3) is 0 Å². The normalized spacial score (nSPS) is 12.4. The van der Waals surface area contributed by atoms with E-state index in [0.717, 1.165) is 38.1 Å². The van der Waals surface area contributed by atoms with Crippen LogP contribution in [-0.2, 0) is 4.79 Å². The first-order valence-corrected chi connectivity index (χ1v) is 9.10. The molecule has 0 aliphatic heterocycles. The van der Waals surface area contributed by atoms with Crippen LogP contribution in [0.2, 0.25) is 0 Å². The fourth-order valence-electron chi connectivity index (χ4n) is 2.04. The summed E-state index contributed by atoms with van der Waals surface area (Å²) in [7, 11) is 0. The molecule has 0 aromatic carbocycles. The highest BCUT2D eigenvalue weighted by Crippen LogP contribution is 2.07. The molecule has 1 atom stereocenters. The van der Waals surface area contributed by atoms with Gasteiger partial charge in [-0.2, -0.15) is 11.8 Å². The van der Waals surface area contributed by atoms with Gasteiger partial charge in [0.05, 0.1) is 6.04 Å². The van der Waals surface area contributed by atoms with Crippen molar-refractivity contribution in [3.63, 3.8) is 0 Å². The molecule has 19 heavy (non-hydrogen) atoms. The van der Waals surface area contributed by atoms with Crippen molar-refractivity contribution < 1.29 is 4.79 Å². The molecule has 3 nitrogen and oxygen atoms in total. The molecule has 0 saturated heterocycles. The minimum Gasteiger partial charge on any atom is -0.341 e. The van der Waals surface area contributed by atoms with Crippen molar-refractivity contribution in [1.82, 2.24) is 4.90 Å². The van der Waals surface area contributed by atoms with Gasteiger partial charge in [-0.3, -0.25) is 4.79 Å². The maximum absolute atomic E-state index is 12.3. The summed E-state index contributed by atoms with van der Waals surface area (Å²) in [6, 6.07) is -0.310. The zero-order valence-corrected chi connectivity index (χ0v) is 13.8. The van der Waals surface area contributed by atoms with Gasteiger partial charge in [-0.15, -0.1) is 0 Å². The summed E-state index contributed by atoms with van der Waals surface area (Å²) in [5.74, 6) is 1.12. The third-order valence-electron chi connectivity index (χ3n) is 3.33. The molecule has 4 heteroatoms. The Morgan fingerprint density at radius 3 is 2.05 bits per heavy atom. The Labute approximate surface area is 123 Å². The number of thioether (sulfide) groups is 1. The number of hydrogen-bond donors (Lipinski definition) is 1. The molecule has 0 spiro atoms. The summed E-state index contributed by atoms with van der Waals surface area (Å²) in [5.41, 5.74) is 6.01. The highest BCUT2D eigenvalue weighted by molar-refractivity contribution is 7.98. The van der Waals surface area contributed by atoms with Gasteiger partial charge in [-0.05, 0) is 31.3 Å². The van der Waals surface area contributed by atoms with Gasteiger partial charge < -0.3 is 10.6 Å². The summed E-state index contributed by atoms with van der Waals surface area (Å²) in [6.07, 6.45) is 9.81. The van der Waals surface area contributed by atoms with E-state index in [-0.39, 0.29) is 11.9 Å². The van der Waals surface area contributed by atoms with Crippen molar-refractivity contribution in [2.24, 2.45) is 5.73 Å². The van der Waals surface area contributed by atoms with E-state index in [1.807, 2.05) is 4.90 Å². The van der Waals surface area contributed by atoms with Crippen molar-refractivity contribution in [3.8, 4) is 0 Å². The van der Waals surface area contributed by atoms with Gasteiger partial charge in [0.15, 0.2) is 0 Å². The molecular formula is C15H32N2OS. The summed E-state index contributed by atoms with van der Waals surface area (Å²) >= 11 is 1.75. The standard InChI is InChI=1S/C15H32N2OS/c1-4-6-8-11-17(12-9-7-5-2)15(18)14(16)10-13-19-3/h14H,4-13,16H2,1-3H3/t14-/m0/s1. The Morgan fingerprint density at radius 1 is 1.11 bits per heavy atom. The molecule has 0 fully saturated rings. The van der Waals surface area contributed by atoms with E-state index in [4.69, 9.17) is 5.73 Å². The molecule has 0 unspecified atom stereocenters. The molecule has 0 aromatic rings. The van der Waals surface area contributed by atoms with Gasteiger partial charge in [-0.25, -0.2) is 0 Å². The minimum atomic E-state index is -0.310. The highest BCUT2D eigenvalue weighted by atomic mass is 32.2. The van der Waals surface area contributed by atoms with Gasteiger partial charge in [0.1, 0.15) is 0 Å². The van der Waals surface area contributed by atoms with Crippen LogP contribution in [-0.4, -0.2) is 41.9 Å². The van der Waals surface area contributed by atoms with Crippen LogP contribution in [0.25, 0.3) is 0 Å². The number of carbonyl (C=O) groups excluding carboxylic acids is 1. The largest absolute Gasteiger partial charge is 0.341 e. The number of unbranched alkanes of at least 4 members (excludes halogenated alkanes) is 4. The number of hydrogen-bond acceptors (Lipinski definition) is 3. The molecule has 0 rings (SSSR count). The lowest BCUT2D eigenvalue weighted by Crippen LogP contribution is -2.45. The van der Waals surface area contributed by atoms with Gasteiger partial charge in [0.2, 0.25) is 5.91 Å². The summed E-state index contributed by atoms with van der Waals surface area (Å²) < 4.78 is 0. The SMILES string of the molecule is CCCCCN(CCCCC)C(=O)[C@@H](N)CCSC. The molecule has 0 heterocycles. The number of carbonyl (C=O) groups is 1. The van der Waals surface area contributed by atoms with Crippen LogP contribution in [0.1, 0.15) is 58.8 Å². The van der Waals surface area contributed by atoms with Crippen LogP contribution >= 0.6 is 11.8 Å². The zero-order valence-electron chi connectivity index (χ0n) is 13.0. The molecule has 0 aliphatic carbocycles. The molecule has 0 radical (unpaired) electrons. The van der Waals surface area contributed by atoms with Crippen LogP contribution < -0.4 is 5.73 Å². The first-order valence-electron chi connectivity index (χ1n) is 7.70. The van der Waals surface area contributed by atoms with E-state index in [1.165, 1.54) is 25.7 Å². The predicted molar refractivity (Wildman–Crippen MR) is 86.6 cm³/mol. The third kappa shape index (κ3) is 9.33. The molecule has 0 aliphatic rings. The van der Waals surface area contributed by atoms with Crippen molar-refractivity contribution in [3.05, 3.63) is 0 Å². The van der Waals surface area contributed by atoms with Gasteiger partial charge >= 0.3 is 0 Å². The minimum absolute atomic E-state index is 0.154. The molecule has 114 valence electrons. The lowest BCUT2D eigenvalue weighted by Gasteiger charge is -2.25. The zero-order chi connectivity index (χ0) is 14.5. The Kier molecular flexibility index (Phi) is 12.6. The van der Waals surface area contributed by atoms with Crippen molar-refractivity contribution in [2.45, 2.75) is 64.8 Å². The summed E-state index contributed by atoms with van der Waals surface area (Å²) in [5, 5.41) is 0. The molecular weight excluding hydrogens is 256 g/mol. The fraction of sp³-hybridized carbons (Fsp3) is 0.933. The highest BCUT2D eigenvalue weighted by Gasteiger charge is 2.19. The van der Waals surface area contributed by atoms with Crippen LogP contribution in [0.3, 0.4) is 0 Å². The van der Waals surface area contributed by atoms with E-state index in [1.54, 1.807) is 11.8 Å². The van der Waals surface area contributed by atoms with E-state index >= 15 is 0 Å². The topological polar surface area (TPSA) is 46.3 Å². The first-order chi connectivity index (χ1) is 9.17. The first kappa shape index (κ1) is 18.8. The smallest absolute Gasteiger partial charge is 0.239 e.